The molecule has 1 aliphatic rings. The smallest absolute Gasteiger partial charge is 0.166 e. The van der Waals surface area contributed by atoms with E-state index >= 15 is 0 Å². The van der Waals surface area contributed by atoms with Crippen molar-refractivity contribution in [3.05, 3.63) is 144 Å². The highest BCUT2D eigenvalue weighted by atomic mass is 32.4. The Bertz CT molecular complexity index is 1790. The predicted octanol–water partition coefficient (Wildman–Crippen LogP) is 8.96. The van der Waals surface area contributed by atoms with Crippen molar-refractivity contribution in [3.8, 4) is 5.75 Å². The summed E-state index contributed by atoms with van der Waals surface area (Å²) in [5.74, 6) is 2.97. The molecule has 0 radical (unpaired) electrons. The second-order valence-electron chi connectivity index (χ2n) is 10.6. The molecule has 1 heterocycles. The van der Waals surface area contributed by atoms with E-state index in [1.165, 1.54) is 22.3 Å². The Labute approximate surface area is 241 Å². The van der Waals surface area contributed by atoms with Gasteiger partial charge in [0.1, 0.15) is 5.75 Å². The molecule has 5 aromatic rings. The Kier molecular flexibility index (Phi) is 6.92. The molecular weight excluding hydrogens is 527 g/mol. The van der Waals surface area contributed by atoms with Crippen molar-refractivity contribution in [2.75, 3.05) is 11.9 Å². The van der Waals surface area contributed by atoms with Gasteiger partial charge in [-0.25, -0.2) is 0 Å². The number of para-hydroxylation sites is 1. The standard InChI is InChI=1S/C35H31N2OPS/c1-35(2)31-17-9-10-19-33(31)37(3)34(35)25-39(40,29-14-5-4-6-15-29)38-28-22-20-26(21-23-28)24-36-32-18-11-13-27-12-7-8-16-30(27)32/h4-25H,1-3H3. The van der Waals surface area contributed by atoms with Crippen LogP contribution in [0.2, 0.25) is 0 Å². The first kappa shape index (κ1) is 26.3. The maximum atomic E-state index is 6.74. The van der Waals surface area contributed by atoms with Gasteiger partial charge < -0.3 is 9.42 Å². The Morgan fingerprint density at radius 1 is 0.775 bits per heavy atom. The van der Waals surface area contributed by atoms with E-state index in [0.29, 0.717) is 0 Å². The number of likely N-dealkylation sites (N-methyl/N-ethyl adjacent to an activating group) is 1. The van der Waals surface area contributed by atoms with Crippen LogP contribution in [0.3, 0.4) is 0 Å². The van der Waals surface area contributed by atoms with Gasteiger partial charge in [0.25, 0.3) is 0 Å². The van der Waals surface area contributed by atoms with Gasteiger partial charge in [0.05, 0.1) is 5.69 Å². The maximum absolute atomic E-state index is 6.74. The van der Waals surface area contributed by atoms with Gasteiger partial charge in [0.2, 0.25) is 0 Å². The third kappa shape index (κ3) is 4.90. The first-order chi connectivity index (χ1) is 19.3. The molecule has 0 spiro atoms. The van der Waals surface area contributed by atoms with Crippen LogP contribution in [0.4, 0.5) is 11.4 Å². The minimum absolute atomic E-state index is 0.185. The average Bonchev–Trinajstić information content (AvgIpc) is 3.17. The summed E-state index contributed by atoms with van der Waals surface area (Å²) in [5.41, 5.74) is 5.44. The van der Waals surface area contributed by atoms with Crippen LogP contribution in [0, 0.1) is 0 Å². The fourth-order valence-electron chi connectivity index (χ4n) is 5.42. The van der Waals surface area contributed by atoms with E-state index in [0.717, 1.165) is 27.7 Å². The van der Waals surface area contributed by atoms with Crippen molar-refractivity contribution in [1.82, 2.24) is 0 Å². The van der Waals surface area contributed by atoms with Crippen LogP contribution in [0.25, 0.3) is 10.8 Å². The van der Waals surface area contributed by atoms with Crippen LogP contribution in [0.5, 0.6) is 5.75 Å². The van der Waals surface area contributed by atoms with Crippen molar-refractivity contribution >= 4 is 51.7 Å². The summed E-state index contributed by atoms with van der Waals surface area (Å²) in [7, 11) is 2.12. The minimum atomic E-state index is -2.60. The van der Waals surface area contributed by atoms with Crippen molar-refractivity contribution < 1.29 is 4.52 Å². The summed E-state index contributed by atoms with van der Waals surface area (Å²) in [6.07, 6.45) is -0.701. The zero-order valence-corrected chi connectivity index (χ0v) is 24.6. The molecule has 0 amide bonds. The third-order valence-electron chi connectivity index (χ3n) is 7.59. The number of anilines is 1. The topological polar surface area (TPSA) is 24.8 Å². The normalized spacial score (nSPS) is 16.8. The lowest BCUT2D eigenvalue weighted by Gasteiger charge is -2.28. The van der Waals surface area contributed by atoms with Gasteiger partial charge in [-0.15, -0.1) is 0 Å². The molecule has 0 N–H and O–H groups in total. The fourth-order valence-corrected chi connectivity index (χ4v) is 8.49. The van der Waals surface area contributed by atoms with Gasteiger partial charge in [0, 0.05) is 46.6 Å². The Morgan fingerprint density at radius 2 is 1.45 bits per heavy atom. The molecule has 0 saturated carbocycles. The van der Waals surface area contributed by atoms with Crippen LogP contribution in [0.1, 0.15) is 25.0 Å². The number of benzene rings is 5. The van der Waals surface area contributed by atoms with Gasteiger partial charge in [0.15, 0.2) is 6.26 Å². The van der Waals surface area contributed by atoms with E-state index in [2.05, 4.69) is 86.2 Å². The number of fused-ring (bicyclic) bond motifs is 2. The Balaban J connectivity index is 1.32. The van der Waals surface area contributed by atoms with Crippen molar-refractivity contribution in [1.29, 1.82) is 0 Å². The summed E-state index contributed by atoms with van der Waals surface area (Å²) < 4.78 is 6.74. The average molecular weight is 559 g/mol. The van der Waals surface area contributed by atoms with Gasteiger partial charge >= 0.3 is 0 Å². The number of hydrogen-bond acceptors (Lipinski definition) is 4. The van der Waals surface area contributed by atoms with Crippen molar-refractivity contribution in [2.24, 2.45) is 4.99 Å². The van der Waals surface area contributed by atoms with Crippen LogP contribution in [-0.4, -0.2) is 13.3 Å². The van der Waals surface area contributed by atoms with Gasteiger partial charge in [-0.3, -0.25) is 4.99 Å². The Morgan fingerprint density at radius 3 is 2.23 bits per heavy atom. The highest BCUT2D eigenvalue weighted by Gasteiger charge is 2.40. The SMILES string of the molecule is CN1C(=CP(=S)(Oc2ccc(C=Nc3cccc4ccccc34)cc2)c2ccccc2)C(C)(C)c2ccccc21. The van der Waals surface area contributed by atoms with Crippen LogP contribution in [-0.2, 0) is 17.2 Å². The summed E-state index contributed by atoms with van der Waals surface area (Å²) in [6, 6.07) is 41.3. The van der Waals surface area contributed by atoms with E-state index < -0.39 is 6.26 Å². The van der Waals surface area contributed by atoms with Crippen LogP contribution >= 0.6 is 6.26 Å². The predicted molar refractivity (Wildman–Crippen MR) is 175 cm³/mol. The van der Waals surface area contributed by atoms with E-state index in [1.54, 1.807) is 0 Å². The molecule has 0 saturated heterocycles. The van der Waals surface area contributed by atoms with E-state index in [1.807, 2.05) is 72.9 Å². The summed E-state index contributed by atoms with van der Waals surface area (Å²) >= 11 is 6.41. The summed E-state index contributed by atoms with van der Waals surface area (Å²) in [5, 5.41) is 3.35. The first-order valence-electron chi connectivity index (χ1n) is 13.4. The van der Waals surface area contributed by atoms with E-state index in [9.17, 15) is 0 Å². The molecule has 0 bridgehead atoms. The monoisotopic (exact) mass is 558 g/mol. The lowest BCUT2D eigenvalue weighted by molar-refractivity contribution is 0.619. The number of nitrogens with zero attached hydrogens (tertiary/aromatic N) is 2. The molecule has 3 nitrogen and oxygen atoms in total. The summed E-state index contributed by atoms with van der Waals surface area (Å²) in [4.78, 5) is 7.03. The van der Waals surface area contributed by atoms with Crippen molar-refractivity contribution in [3.63, 3.8) is 0 Å². The molecule has 1 unspecified atom stereocenters. The second kappa shape index (κ2) is 10.5. The lowest BCUT2D eigenvalue weighted by Crippen LogP contribution is -2.24. The van der Waals surface area contributed by atoms with E-state index in [4.69, 9.17) is 21.3 Å². The highest BCUT2D eigenvalue weighted by Crippen LogP contribution is 2.55. The van der Waals surface area contributed by atoms with Gasteiger partial charge in [-0.1, -0.05) is 98.8 Å². The largest absolute Gasteiger partial charge is 0.458 e. The minimum Gasteiger partial charge on any atom is -0.458 e. The molecule has 5 aromatic carbocycles. The molecule has 0 aromatic heterocycles. The zero-order chi connectivity index (χ0) is 27.7. The Hall–Kier alpha value is -3.98. The third-order valence-corrected chi connectivity index (χ3v) is 10.8. The number of aliphatic imine (C=N–C) groups is 1. The molecule has 0 fully saturated rings. The molecule has 1 atom stereocenters. The van der Waals surface area contributed by atoms with Gasteiger partial charge in [-0.05, 0) is 64.7 Å². The molecule has 198 valence electrons. The van der Waals surface area contributed by atoms with Crippen LogP contribution in [0.15, 0.2) is 138 Å². The zero-order valence-electron chi connectivity index (χ0n) is 22.9. The van der Waals surface area contributed by atoms with Crippen LogP contribution < -0.4 is 14.7 Å². The molecule has 6 rings (SSSR count). The first-order valence-corrected chi connectivity index (χ1v) is 16.2. The van der Waals surface area contributed by atoms with Crippen molar-refractivity contribution in [2.45, 2.75) is 19.3 Å². The fraction of sp³-hybridized carbons (Fsp3) is 0.114. The van der Waals surface area contributed by atoms with Gasteiger partial charge in [-0.2, -0.15) is 0 Å². The molecular formula is C35H31N2OPS. The molecule has 0 aliphatic carbocycles. The molecule has 5 heteroatoms. The summed E-state index contributed by atoms with van der Waals surface area (Å²) in [6.45, 7) is 4.52. The lowest BCUT2D eigenvalue weighted by atomic mass is 9.84. The quantitative estimate of drug-likeness (QED) is 0.154. The number of hydrogen-bond donors (Lipinski definition) is 0. The molecule has 1 aliphatic heterocycles. The number of allylic oxidation sites excluding steroid dienone is 1. The second-order valence-corrected chi connectivity index (χ2v) is 14.3. The molecule has 40 heavy (non-hydrogen) atoms. The number of rotatable bonds is 6. The van der Waals surface area contributed by atoms with E-state index in [-0.39, 0.29) is 5.41 Å². The maximum Gasteiger partial charge on any atom is 0.166 e. The highest BCUT2D eigenvalue weighted by molar-refractivity contribution is 8.17.